The first-order chi connectivity index (χ1) is 13.3. The van der Waals surface area contributed by atoms with Gasteiger partial charge in [0.2, 0.25) is 5.91 Å². The van der Waals surface area contributed by atoms with E-state index in [1.54, 1.807) is 7.05 Å². The van der Waals surface area contributed by atoms with Gasteiger partial charge in [0.25, 0.3) is 0 Å². The van der Waals surface area contributed by atoms with Gasteiger partial charge in [-0.15, -0.1) is 24.0 Å². The third-order valence-electron chi connectivity index (χ3n) is 5.82. The van der Waals surface area contributed by atoms with Gasteiger partial charge in [0, 0.05) is 57.1 Å². The minimum atomic E-state index is -0.354. The Morgan fingerprint density at radius 1 is 1.03 bits per heavy atom. The summed E-state index contributed by atoms with van der Waals surface area (Å²) >= 11 is 0. The number of rotatable bonds is 7. The summed E-state index contributed by atoms with van der Waals surface area (Å²) in [6.45, 7) is 12.9. The molecule has 29 heavy (non-hydrogen) atoms. The van der Waals surface area contributed by atoms with Crippen molar-refractivity contribution in [2.45, 2.75) is 52.9 Å². The molecule has 1 aliphatic carbocycles. The maximum Gasteiger partial charge on any atom is 0.225 e. The molecule has 1 aliphatic heterocycles. The zero-order chi connectivity index (χ0) is 20.5. The number of hydrogen-bond acceptors (Lipinski definition) is 4. The van der Waals surface area contributed by atoms with Crippen molar-refractivity contribution in [2.24, 2.45) is 15.8 Å². The average Bonchev–Trinajstić information content (AvgIpc) is 2.68. The zero-order valence-corrected chi connectivity index (χ0v) is 21.1. The van der Waals surface area contributed by atoms with Gasteiger partial charge in [-0.05, 0) is 12.8 Å². The fourth-order valence-electron chi connectivity index (χ4n) is 4.04. The van der Waals surface area contributed by atoms with Gasteiger partial charge in [0.15, 0.2) is 5.96 Å². The summed E-state index contributed by atoms with van der Waals surface area (Å²) in [6, 6.07) is 0. The second-order valence-corrected chi connectivity index (χ2v) is 9.31. The molecule has 3 N–H and O–H groups in total. The Kier molecular flexibility index (Phi) is 11.8. The molecule has 2 rings (SSSR count). The molecule has 1 saturated carbocycles. The molecule has 7 nitrogen and oxygen atoms in total. The Hall–Kier alpha value is -0.610. The van der Waals surface area contributed by atoms with Crippen LogP contribution < -0.4 is 16.0 Å². The third kappa shape index (κ3) is 9.38. The number of guanidine groups is 1. The second kappa shape index (κ2) is 12.9. The molecule has 0 spiro atoms. The topological polar surface area (TPSA) is 78.0 Å². The minimum Gasteiger partial charge on any atom is -0.379 e. The largest absolute Gasteiger partial charge is 0.379 e. The summed E-state index contributed by atoms with van der Waals surface area (Å²) in [5, 5.41) is 9.85. The number of amides is 1. The van der Waals surface area contributed by atoms with Crippen LogP contribution in [0.15, 0.2) is 4.99 Å². The van der Waals surface area contributed by atoms with Crippen LogP contribution in [0.25, 0.3) is 0 Å². The highest BCUT2D eigenvalue weighted by molar-refractivity contribution is 14.0. The predicted molar refractivity (Wildman–Crippen MR) is 130 cm³/mol. The van der Waals surface area contributed by atoms with Gasteiger partial charge in [-0.2, -0.15) is 0 Å². The molecule has 2 aliphatic rings. The van der Waals surface area contributed by atoms with Crippen molar-refractivity contribution >= 4 is 35.8 Å². The molecule has 1 amide bonds. The van der Waals surface area contributed by atoms with Crippen molar-refractivity contribution in [1.29, 1.82) is 0 Å². The number of carbonyl (C=O) groups excluding carboxylic acids is 1. The standard InChI is InChI=1S/C21H41N5O2.HI/c1-20(2,3)18(27)23-10-11-24-19(22-4)25-16-21(8-6-5-7-9-21)17-26-12-14-28-15-13-26;/h5-17H2,1-4H3,(H,23,27)(H2,22,24,25);1H. The first-order valence-corrected chi connectivity index (χ1v) is 10.9. The molecule has 1 heterocycles. The quantitative estimate of drug-likeness (QED) is 0.207. The Bertz CT molecular complexity index is 510. The number of morpholine rings is 1. The lowest BCUT2D eigenvalue weighted by atomic mass is 9.73. The molecule has 0 radical (unpaired) electrons. The summed E-state index contributed by atoms with van der Waals surface area (Å²) in [5.74, 6) is 0.890. The maximum absolute atomic E-state index is 11.9. The first kappa shape index (κ1) is 26.4. The van der Waals surface area contributed by atoms with Crippen molar-refractivity contribution in [3.05, 3.63) is 0 Å². The predicted octanol–water partition coefficient (Wildman–Crippen LogP) is 2.21. The lowest BCUT2D eigenvalue weighted by Crippen LogP contribution is -2.51. The van der Waals surface area contributed by atoms with Gasteiger partial charge in [-0.25, -0.2) is 0 Å². The lowest BCUT2D eigenvalue weighted by molar-refractivity contribution is -0.128. The number of nitrogens with one attached hydrogen (secondary N) is 3. The van der Waals surface area contributed by atoms with Crippen LogP contribution in [0.5, 0.6) is 0 Å². The zero-order valence-electron chi connectivity index (χ0n) is 18.8. The number of halogens is 1. The van der Waals surface area contributed by atoms with Crippen molar-refractivity contribution in [3.63, 3.8) is 0 Å². The van der Waals surface area contributed by atoms with Gasteiger partial charge < -0.3 is 20.7 Å². The summed E-state index contributed by atoms with van der Waals surface area (Å²) in [5.41, 5.74) is -0.0412. The molecular formula is C21H42IN5O2. The highest BCUT2D eigenvalue weighted by Crippen LogP contribution is 2.36. The summed E-state index contributed by atoms with van der Waals surface area (Å²) in [7, 11) is 1.80. The van der Waals surface area contributed by atoms with Gasteiger partial charge >= 0.3 is 0 Å². The van der Waals surface area contributed by atoms with Gasteiger partial charge in [-0.1, -0.05) is 40.0 Å². The molecule has 0 atom stereocenters. The van der Waals surface area contributed by atoms with Gasteiger partial charge in [0.05, 0.1) is 13.2 Å². The molecule has 170 valence electrons. The molecule has 8 heteroatoms. The molecular weight excluding hydrogens is 481 g/mol. The summed E-state index contributed by atoms with van der Waals surface area (Å²) in [6.07, 6.45) is 6.53. The van der Waals surface area contributed by atoms with E-state index in [1.165, 1.54) is 32.1 Å². The fourth-order valence-corrected chi connectivity index (χ4v) is 4.04. The Morgan fingerprint density at radius 2 is 1.66 bits per heavy atom. The van der Waals surface area contributed by atoms with E-state index in [9.17, 15) is 4.79 Å². The van der Waals surface area contributed by atoms with Crippen LogP contribution in [0.2, 0.25) is 0 Å². The highest BCUT2D eigenvalue weighted by atomic mass is 127. The lowest BCUT2D eigenvalue weighted by Gasteiger charge is -2.42. The summed E-state index contributed by atoms with van der Waals surface area (Å²) in [4.78, 5) is 18.9. The number of hydrogen-bond donors (Lipinski definition) is 3. The molecule has 0 aromatic carbocycles. The fraction of sp³-hybridized carbons (Fsp3) is 0.905. The van der Waals surface area contributed by atoms with Gasteiger partial charge in [-0.3, -0.25) is 14.7 Å². The van der Waals surface area contributed by atoms with Crippen LogP contribution in [0.4, 0.5) is 0 Å². The molecule has 0 aromatic rings. The van der Waals surface area contributed by atoms with Crippen LogP contribution in [-0.4, -0.2) is 76.3 Å². The highest BCUT2D eigenvalue weighted by Gasteiger charge is 2.34. The van der Waals surface area contributed by atoms with E-state index in [0.29, 0.717) is 18.5 Å². The normalized spacial score (nSPS) is 20.5. The van der Waals surface area contributed by atoms with Gasteiger partial charge in [0.1, 0.15) is 0 Å². The average molecular weight is 524 g/mol. The monoisotopic (exact) mass is 523 g/mol. The molecule has 1 saturated heterocycles. The van der Waals surface area contributed by atoms with Crippen molar-refractivity contribution in [1.82, 2.24) is 20.9 Å². The van der Waals surface area contributed by atoms with E-state index in [1.807, 2.05) is 20.8 Å². The van der Waals surface area contributed by atoms with Crippen molar-refractivity contribution < 1.29 is 9.53 Å². The number of ether oxygens (including phenoxy) is 1. The third-order valence-corrected chi connectivity index (χ3v) is 5.82. The second-order valence-electron chi connectivity index (χ2n) is 9.31. The van der Waals surface area contributed by atoms with E-state index in [2.05, 4.69) is 25.8 Å². The SMILES string of the molecule is CN=C(NCCNC(=O)C(C)(C)C)NCC1(CN2CCOCC2)CCCCC1.I. The van der Waals surface area contributed by atoms with Crippen LogP contribution >= 0.6 is 24.0 Å². The number of carbonyl (C=O) groups is 1. The van der Waals surface area contributed by atoms with Crippen LogP contribution in [0.3, 0.4) is 0 Å². The molecule has 0 aromatic heterocycles. The van der Waals surface area contributed by atoms with E-state index >= 15 is 0 Å². The molecule has 0 bridgehead atoms. The molecule has 0 unspecified atom stereocenters. The smallest absolute Gasteiger partial charge is 0.225 e. The van der Waals surface area contributed by atoms with E-state index in [-0.39, 0.29) is 35.3 Å². The molecule has 2 fully saturated rings. The minimum absolute atomic E-state index is 0. The maximum atomic E-state index is 11.9. The van der Waals surface area contributed by atoms with E-state index in [4.69, 9.17) is 4.74 Å². The van der Waals surface area contributed by atoms with Crippen LogP contribution in [0, 0.1) is 10.8 Å². The number of nitrogens with zero attached hydrogens (tertiary/aromatic N) is 2. The number of aliphatic imine (C=N–C) groups is 1. The van der Waals surface area contributed by atoms with Crippen LogP contribution in [-0.2, 0) is 9.53 Å². The Labute approximate surface area is 194 Å². The Morgan fingerprint density at radius 3 is 2.24 bits per heavy atom. The van der Waals surface area contributed by atoms with Crippen molar-refractivity contribution in [3.8, 4) is 0 Å². The Balaban J connectivity index is 0.00000420. The van der Waals surface area contributed by atoms with E-state index < -0.39 is 0 Å². The first-order valence-electron chi connectivity index (χ1n) is 10.9. The summed E-state index contributed by atoms with van der Waals surface area (Å²) < 4.78 is 5.51. The van der Waals surface area contributed by atoms with Crippen molar-refractivity contribution in [2.75, 3.05) is 59.5 Å². The van der Waals surface area contributed by atoms with E-state index in [0.717, 1.165) is 45.4 Å². The van der Waals surface area contributed by atoms with Crippen LogP contribution in [0.1, 0.15) is 52.9 Å².